The first-order chi connectivity index (χ1) is 13.5. The number of nitrogens with zero attached hydrogens (tertiary/aromatic N) is 2. The number of fused-ring (bicyclic) bond motifs is 1. The van der Waals surface area contributed by atoms with E-state index >= 15 is 0 Å². The number of amides is 3. The van der Waals surface area contributed by atoms with Crippen LogP contribution >= 0.6 is 27.3 Å². The van der Waals surface area contributed by atoms with Crippen molar-refractivity contribution in [2.75, 3.05) is 13.1 Å². The summed E-state index contributed by atoms with van der Waals surface area (Å²) in [5, 5.41) is 6.08. The molecular formula is C20H22BrN3O3S. The third-order valence-corrected chi connectivity index (χ3v) is 6.04. The topological polar surface area (TPSA) is 79.4 Å². The van der Waals surface area contributed by atoms with Crippen LogP contribution in [0.25, 0.3) is 0 Å². The quantitative estimate of drug-likeness (QED) is 0.453. The molecule has 3 amide bonds. The summed E-state index contributed by atoms with van der Waals surface area (Å²) in [6.45, 7) is 2.87. The third kappa shape index (κ3) is 5.05. The van der Waals surface area contributed by atoms with E-state index in [0.29, 0.717) is 30.5 Å². The zero-order valence-corrected chi connectivity index (χ0v) is 18.1. The monoisotopic (exact) mass is 463 g/mol. The van der Waals surface area contributed by atoms with Crippen LogP contribution in [0, 0.1) is 6.92 Å². The minimum atomic E-state index is -0.292. The minimum absolute atomic E-state index is 0.0514. The molecular weight excluding hydrogens is 442 g/mol. The second-order valence-electron chi connectivity index (χ2n) is 6.75. The number of halogens is 1. The molecule has 0 saturated heterocycles. The fraction of sp³-hybridized carbons (Fsp3) is 0.400. The summed E-state index contributed by atoms with van der Waals surface area (Å²) >= 11 is 4.99. The Labute approximate surface area is 176 Å². The first kappa shape index (κ1) is 20.7. The second kappa shape index (κ2) is 9.43. The number of hydrogen-bond donors (Lipinski definition) is 1. The van der Waals surface area contributed by atoms with Crippen LogP contribution in [-0.2, 0) is 11.2 Å². The molecule has 0 bridgehead atoms. The lowest BCUT2D eigenvalue weighted by Crippen LogP contribution is -2.32. The number of carbonyl (C=O) groups excluding carboxylic acids is 3. The Balaban J connectivity index is 1.33. The summed E-state index contributed by atoms with van der Waals surface area (Å²) < 4.78 is 0.763. The molecule has 28 heavy (non-hydrogen) atoms. The van der Waals surface area contributed by atoms with Gasteiger partial charge in [-0.15, -0.1) is 11.3 Å². The number of hydrogen-bond acceptors (Lipinski definition) is 5. The average molecular weight is 464 g/mol. The predicted molar refractivity (Wildman–Crippen MR) is 112 cm³/mol. The molecule has 148 valence electrons. The number of thiazole rings is 1. The summed E-state index contributed by atoms with van der Waals surface area (Å²) in [6.07, 6.45) is 3.57. The Bertz CT molecular complexity index is 897. The highest BCUT2D eigenvalue weighted by molar-refractivity contribution is 9.10. The van der Waals surface area contributed by atoms with Crippen molar-refractivity contribution in [3.8, 4) is 0 Å². The second-order valence-corrected chi connectivity index (χ2v) is 8.60. The fourth-order valence-electron chi connectivity index (χ4n) is 3.10. The maximum Gasteiger partial charge on any atom is 0.261 e. The summed E-state index contributed by atoms with van der Waals surface area (Å²) in [5.41, 5.74) is 1.89. The van der Waals surface area contributed by atoms with E-state index in [-0.39, 0.29) is 24.3 Å². The van der Waals surface area contributed by atoms with Crippen molar-refractivity contribution in [3.05, 3.63) is 49.9 Å². The molecule has 0 atom stereocenters. The zero-order chi connectivity index (χ0) is 20.1. The molecule has 1 aromatic heterocycles. The Morgan fingerprint density at radius 3 is 2.71 bits per heavy atom. The summed E-state index contributed by atoms with van der Waals surface area (Å²) in [6, 6.07) is 5.06. The number of benzene rings is 1. The lowest BCUT2D eigenvalue weighted by atomic mass is 10.1. The number of carbonyl (C=O) groups is 3. The van der Waals surface area contributed by atoms with Crippen LogP contribution in [0.5, 0.6) is 0 Å². The summed E-state index contributed by atoms with van der Waals surface area (Å²) in [7, 11) is 0. The van der Waals surface area contributed by atoms with Gasteiger partial charge in [0.1, 0.15) is 0 Å². The van der Waals surface area contributed by atoms with E-state index in [4.69, 9.17) is 0 Å². The first-order valence-electron chi connectivity index (χ1n) is 9.29. The molecule has 1 N–H and O–H groups in total. The van der Waals surface area contributed by atoms with Gasteiger partial charge in [-0.05, 0) is 50.8 Å². The van der Waals surface area contributed by atoms with Crippen molar-refractivity contribution in [2.24, 2.45) is 0 Å². The van der Waals surface area contributed by atoms with E-state index in [2.05, 4.69) is 26.2 Å². The van der Waals surface area contributed by atoms with E-state index in [1.165, 1.54) is 4.90 Å². The molecule has 3 rings (SSSR count). The standard InChI is InChI=1S/C20H22BrN3O3S/c1-13-12-28-18(23-13)6-2-3-9-22-17(25)5-4-10-24-19(26)15-8-7-14(21)11-16(15)20(24)27/h7-8,11-12H,2-6,9-10H2,1H3,(H,22,25). The van der Waals surface area contributed by atoms with Crippen LogP contribution in [0.2, 0.25) is 0 Å². The van der Waals surface area contributed by atoms with Crippen LogP contribution in [0.3, 0.4) is 0 Å². The van der Waals surface area contributed by atoms with Gasteiger partial charge in [-0.25, -0.2) is 4.98 Å². The number of aryl methyl sites for hydroxylation is 2. The average Bonchev–Trinajstić information content (AvgIpc) is 3.17. The van der Waals surface area contributed by atoms with E-state index in [1.54, 1.807) is 29.5 Å². The van der Waals surface area contributed by atoms with Crippen molar-refractivity contribution in [1.29, 1.82) is 0 Å². The highest BCUT2D eigenvalue weighted by atomic mass is 79.9. The van der Waals surface area contributed by atoms with Gasteiger partial charge in [0.2, 0.25) is 5.91 Å². The SMILES string of the molecule is Cc1csc(CCCCNC(=O)CCCN2C(=O)c3ccc(Br)cc3C2=O)n1. The molecule has 0 fully saturated rings. The lowest BCUT2D eigenvalue weighted by molar-refractivity contribution is -0.121. The molecule has 6 nitrogen and oxygen atoms in total. The van der Waals surface area contributed by atoms with Gasteiger partial charge < -0.3 is 5.32 Å². The van der Waals surface area contributed by atoms with Crippen LogP contribution in [-0.4, -0.2) is 40.7 Å². The molecule has 1 aromatic carbocycles. The van der Waals surface area contributed by atoms with Crippen LogP contribution in [0.1, 0.15) is 57.1 Å². The van der Waals surface area contributed by atoms with Crippen LogP contribution < -0.4 is 5.32 Å². The largest absolute Gasteiger partial charge is 0.356 e. The minimum Gasteiger partial charge on any atom is -0.356 e. The Morgan fingerprint density at radius 2 is 1.96 bits per heavy atom. The van der Waals surface area contributed by atoms with E-state index in [1.807, 2.05) is 12.3 Å². The smallest absolute Gasteiger partial charge is 0.261 e. The maximum absolute atomic E-state index is 12.4. The van der Waals surface area contributed by atoms with Gasteiger partial charge >= 0.3 is 0 Å². The summed E-state index contributed by atoms with van der Waals surface area (Å²) in [5.74, 6) is -0.631. The van der Waals surface area contributed by atoms with Crippen LogP contribution in [0.15, 0.2) is 28.1 Å². The molecule has 0 radical (unpaired) electrons. The van der Waals surface area contributed by atoms with E-state index in [9.17, 15) is 14.4 Å². The van der Waals surface area contributed by atoms with Crippen molar-refractivity contribution in [1.82, 2.24) is 15.2 Å². The van der Waals surface area contributed by atoms with Gasteiger partial charge in [-0.1, -0.05) is 15.9 Å². The number of unbranched alkanes of at least 4 members (excludes halogenated alkanes) is 1. The first-order valence-corrected chi connectivity index (χ1v) is 11.0. The predicted octanol–water partition coefficient (Wildman–Crippen LogP) is 3.73. The maximum atomic E-state index is 12.4. The molecule has 1 aliphatic heterocycles. The van der Waals surface area contributed by atoms with Crippen molar-refractivity contribution >= 4 is 45.0 Å². The molecule has 0 spiro atoms. The van der Waals surface area contributed by atoms with Gasteiger partial charge in [-0.2, -0.15) is 0 Å². The van der Waals surface area contributed by atoms with Crippen molar-refractivity contribution in [3.63, 3.8) is 0 Å². The van der Waals surface area contributed by atoms with Crippen molar-refractivity contribution in [2.45, 2.75) is 39.0 Å². The number of nitrogens with one attached hydrogen (secondary N) is 1. The Hall–Kier alpha value is -2.06. The molecule has 0 aliphatic carbocycles. The Morgan fingerprint density at radius 1 is 1.18 bits per heavy atom. The molecule has 2 heterocycles. The normalized spacial score (nSPS) is 13.1. The Kier molecular flexibility index (Phi) is 6.96. The number of rotatable bonds is 9. The van der Waals surface area contributed by atoms with Crippen molar-refractivity contribution < 1.29 is 14.4 Å². The van der Waals surface area contributed by atoms with E-state index in [0.717, 1.165) is 34.4 Å². The molecule has 2 aromatic rings. The van der Waals surface area contributed by atoms with Gasteiger partial charge in [0, 0.05) is 35.1 Å². The van der Waals surface area contributed by atoms with Gasteiger partial charge in [0.25, 0.3) is 11.8 Å². The fourth-order valence-corrected chi connectivity index (χ4v) is 4.28. The lowest BCUT2D eigenvalue weighted by Gasteiger charge is -2.13. The van der Waals surface area contributed by atoms with Gasteiger partial charge in [0.15, 0.2) is 0 Å². The number of imide groups is 1. The molecule has 0 unspecified atom stereocenters. The highest BCUT2D eigenvalue weighted by Crippen LogP contribution is 2.26. The number of aromatic nitrogens is 1. The molecule has 0 saturated carbocycles. The molecule has 1 aliphatic rings. The van der Waals surface area contributed by atoms with Gasteiger partial charge in [-0.3, -0.25) is 19.3 Å². The summed E-state index contributed by atoms with van der Waals surface area (Å²) in [4.78, 5) is 42.3. The third-order valence-electron chi connectivity index (χ3n) is 4.52. The van der Waals surface area contributed by atoms with Crippen LogP contribution in [0.4, 0.5) is 0 Å². The highest BCUT2D eigenvalue weighted by Gasteiger charge is 2.35. The van der Waals surface area contributed by atoms with E-state index < -0.39 is 0 Å². The zero-order valence-electron chi connectivity index (χ0n) is 15.7. The molecule has 8 heteroatoms. The van der Waals surface area contributed by atoms with Gasteiger partial charge in [0.05, 0.1) is 16.1 Å².